The minimum atomic E-state index is -0.370. The number of aliphatic hydroxyl groups excluding tert-OH is 1. The molecule has 0 saturated heterocycles. The zero-order valence-electron chi connectivity index (χ0n) is 13.0. The second kappa shape index (κ2) is 7.56. The van der Waals surface area contributed by atoms with E-state index in [4.69, 9.17) is 4.74 Å². The Labute approximate surface area is 130 Å². The van der Waals surface area contributed by atoms with Gasteiger partial charge in [-0.3, -0.25) is 9.59 Å². The number of hydrogen-bond acceptors (Lipinski definition) is 4. The van der Waals surface area contributed by atoms with E-state index in [1.807, 2.05) is 0 Å². The molecule has 1 aromatic rings. The van der Waals surface area contributed by atoms with Crippen LogP contribution in [0.3, 0.4) is 0 Å². The molecule has 0 aromatic carbocycles. The normalized spacial score (nSPS) is 16.1. The van der Waals surface area contributed by atoms with Gasteiger partial charge in [0.2, 0.25) is 0 Å². The summed E-state index contributed by atoms with van der Waals surface area (Å²) in [6.45, 7) is 1.58. The van der Waals surface area contributed by atoms with E-state index in [1.165, 1.54) is 10.6 Å². The fourth-order valence-electron chi connectivity index (χ4n) is 2.70. The van der Waals surface area contributed by atoms with Crippen molar-refractivity contribution in [3.05, 3.63) is 34.2 Å². The molecule has 1 saturated carbocycles. The van der Waals surface area contributed by atoms with Gasteiger partial charge in [0.1, 0.15) is 5.56 Å². The van der Waals surface area contributed by atoms with Gasteiger partial charge in [-0.05, 0) is 31.4 Å². The van der Waals surface area contributed by atoms with E-state index in [-0.39, 0.29) is 29.1 Å². The van der Waals surface area contributed by atoms with Crippen molar-refractivity contribution in [2.24, 2.45) is 5.41 Å². The van der Waals surface area contributed by atoms with E-state index in [1.54, 1.807) is 19.4 Å². The van der Waals surface area contributed by atoms with E-state index in [0.717, 1.165) is 25.7 Å². The van der Waals surface area contributed by atoms with E-state index >= 15 is 0 Å². The summed E-state index contributed by atoms with van der Waals surface area (Å²) < 4.78 is 6.50. The molecule has 6 nitrogen and oxygen atoms in total. The van der Waals surface area contributed by atoms with Crippen molar-refractivity contribution < 1.29 is 14.6 Å². The summed E-state index contributed by atoms with van der Waals surface area (Å²) in [7, 11) is 1.62. The smallest absolute Gasteiger partial charge is 0.263 e. The van der Waals surface area contributed by atoms with Crippen LogP contribution in [0.1, 0.15) is 36.0 Å². The zero-order chi connectivity index (χ0) is 16.0. The molecule has 1 aliphatic rings. The van der Waals surface area contributed by atoms with E-state index < -0.39 is 0 Å². The van der Waals surface area contributed by atoms with Crippen molar-refractivity contribution in [1.29, 1.82) is 0 Å². The van der Waals surface area contributed by atoms with Crippen molar-refractivity contribution in [2.45, 2.75) is 32.2 Å². The molecule has 0 atom stereocenters. The Hall–Kier alpha value is -1.66. The van der Waals surface area contributed by atoms with Gasteiger partial charge in [0.05, 0.1) is 6.61 Å². The summed E-state index contributed by atoms with van der Waals surface area (Å²) in [6.07, 6.45) is 5.30. The Bertz CT molecular complexity index is 558. The van der Waals surface area contributed by atoms with Crippen LogP contribution in [0.4, 0.5) is 0 Å². The molecule has 1 aromatic heterocycles. The fraction of sp³-hybridized carbons (Fsp3) is 0.625. The molecule has 1 amide bonds. The van der Waals surface area contributed by atoms with Gasteiger partial charge in [-0.15, -0.1) is 0 Å². The maximum absolute atomic E-state index is 12.3. The van der Waals surface area contributed by atoms with E-state index in [2.05, 4.69) is 5.32 Å². The third-order valence-corrected chi connectivity index (χ3v) is 4.39. The Kier molecular flexibility index (Phi) is 5.74. The Morgan fingerprint density at radius 2 is 2.27 bits per heavy atom. The van der Waals surface area contributed by atoms with Gasteiger partial charge >= 0.3 is 0 Å². The number of methoxy groups -OCH3 is 1. The molecule has 0 aliphatic heterocycles. The maximum Gasteiger partial charge on any atom is 0.263 e. The molecule has 0 unspecified atom stereocenters. The van der Waals surface area contributed by atoms with Crippen LogP contribution < -0.4 is 10.9 Å². The second-order valence-corrected chi connectivity index (χ2v) is 5.96. The molecular weight excluding hydrogens is 284 g/mol. The highest BCUT2D eigenvalue weighted by atomic mass is 16.5. The van der Waals surface area contributed by atoms with Crippen LogP contribution in [0.5, 0.6) is 0 Å². The Morgan fingerprint density at radius 1 is 1.50 bits per heavy atom. The molecule has 2 rings (SSSR count). The predicted molar refractivity (Wildman–Crippen MR) is 82.9 cm³/mol. The predicted octanol–water partition coefficient (Wildman–Crippen LogP) is 0.777. The number of ether oxygens (including phenoxy) is 1. The highest BCUT2D eigenvalue weighted by molar-refractivity contribution is 5.93. The monoisotopic (exact) mass is 308 g/mol. The molecule has 1 fully saturated rings. The lowest BCUT2D eigenvalue weighted by Crippen LogP contribution is -2.45. The van der Waals surface area contributed by atoms with Crippen molar-refractivity contribution in [2.75, 3.05) is 26.9 Å². The quantitative estimate of drug-likeness (QED) is 0.695. The highest BCUT2D eigenvalue weighted by Crippen LogP contribution is 2.39. The van der Waals surface area contributed by atoms with Gasteiger partial charge in [0, 0.05) is 38.4 Å². The van der Waals surface area contributed by atoms with Crippen LogP contribution in [0.25, 0.3) is 0 Å². The number of rotatable bonds is 8. The minimum Gasteiger partial charge on any atom is -0.396 e. The number of nitrogens with zero attached hydrogens (tertiary/aromatic N) is 1. The molecule has 0 radical (unpaired) electrons. The van der Waals surface area contributed by atoms with Gasteiger partial charge in [0.25, 0.3) is 11.5 Å². The van der Waals surface area contributed by atoms with Crippen LogP contribution >= 0.6 is 0 Å². The van der Waals surface area contributed by atoms with Crippen LogP contribution in [0.2, 0.25) is 0 Å². The van der Waals surface area contributed by atoms with Crippen molar-refractivity contribution in [3.8, 4) is 0 Å². The number of nitrogens with one attached hydrogen (secondary N) is 1. The number of aliphatic hydroxyl groups is 1. The Balaban J connectivity index is 2.00. The highest BCUT2D eigenvalue weighted by Gasteiger charge is 2.36. The summed E-state index contributed by atoms with van der Waals surface area (Å²) >= 11 is 0. The second-order valence-electron chi connectivity index (χ2n) is 5.96. The maximum atomic E-state index is 12.3. The number of aryl methyl sites for hydroxylation is 1. The van der Waals surface area contributed by atoms with Crippen LogP contribution in [-0.4, -0.2) is 42.4 Å². The average molecular weight is 308 g/mol. The van der Waals surface area contributed by atoms with Gasteiger partial charge in [0.15, 0.2) is 0 Å². The van der Waals surface area contributed by atoms with Crippen LogP contribution in [0, 0.1) is 5.41 Å². The topological polar surface area (TPSA) is 80.6 Å². The molecule has 0 bridgehead atoms. The molecule has 1 heterocycles. The lowest BCUT2D eigenvalue weighted by molar-refractivity contribution is 0.0428. The van der Waals surface area contributed by atoms with Crippen molar-refractivity contribution in [1.82, 2.24) is 9.88 Å². The summed E-state index contributed by atoms with van der Waals surface area (Å²) in [5.41, 5.74) is -0.336. The minimum absolute atomic E-state index is 0.0727. The number of hydrogen-bond donors (Lipinski definition) is 2. The van der Waals surface area contributed by atoms with Gasteiger partial charge in [-0.2, -0.15) is 0 Å². The molecule has 2 N–H and O–H groups in total. The van der Waals surface area contributed by atoms with Crippen LogP contribution in [0.15, 0.2) is 23.1 Å². The SMILES string of the molecule is COCCCn1cccc(C(=O)NCC2(CO)CCC2)c1=O. The molecule has 22 heavy (non-hydrogen) atoms. The van der Waals surface area contributed by atoms with Crippen molar-refractivity contribution in [3.63, 3.8) is 0 Å². The summed E-state index contributed by atoms with van der Waals surface area (Å²) in [5.74, 6) is -0.370. The molecule has 122 valence electrons. The number of carbonyl (C=O) groups excluding carboxylic acids is 1. The molecule has 1 aliphatic carbocycles. The van der Waals surface area contributed by atoms with Gasteiger partial charge < -0.3 is 19.7 Å². The first-order valence-corrected chi connectivity index (χ1v) is 7.69. The lowest BCUT2D eigenvalue weighted by atomic mass is 9.69. The summed E-state index contributed by atoms with van der Waals surface area (Å²) in [4.78, 5) is 24.5. The van der Waals surface area contributed by atoms with Gasteiger partial charge in [-0.25, -0.2) is 0 Å². The first-order valence-electron chi connectivity index (χ1n) is 7.69. The summed E-state index contributed by atoms with van der Waals surface area (Å²) in [5, 5.41) is 12.2. The standard InChI is InChI=1S/C16H24N2O4/c1-22-10-4-9-18-8-2-5-13(15(18)21)14(20)17-11-16(12-19)6-3-7-16/h2,5,8,19H,3-4,6-7,9-12H2,1H3,(H,17,20). The average Bonchev–Trinajstić information content (AvgIpc) is 2.48. The third kappa shape index (κ3) is 3.75. The number of carbonyl (C=O) groups is 1. The molecule has 0 spiro atoms. The van der Waals surface area contributed by atoms with Crippen LogP contribution in [-0.2, 0) is 11.3 Å². The lowest BCUT2D eigenvalue weighted by Gasteiger charge is -2.40. The van der Waals surface area contributed by atoms with Gasteiger partial charge in [-0.1, -0.05) is 6.42 Å². The van der Waals surface area contributed by atoms with E-state index in [0.29, 0.717) is 19.7 Å². The van der Waals surface area contributed by atoms with Crippen molar-refractivity contribution >= 4 is 5.91 Å². The Morgan fingerprint density at radius 3 is 2.86 bits per heavy atom. The molecule has 6 heteroatoms. The summed E-state index contributed by atoms with van der Waals surface area (Å²) in [6, 6.07) is 3.24. The number of aromatic nitrogens is 1. The molecular formula is C16H24N2O4. The first kappa shape index (κ1) is 16.7. The van der Waals surface area contributed by atoms with E-state index in [9.17, 15) is 14.7 Å². The third-order valence-electron chi connectivity index (χ3n) is 4.39. The largest absolute Gasteiger partial charge is 0.396 e. The number of pyridine rings is 1. The fourth-order valence-corrected chi connectivity index (χ4v) is 2.70. The zero-order valence-corrected chi connectivity index (χ0v) is 13.0. The number of amides is 1. The first-order chi connectivity index (χ1) is 10.6.